The second-order valence-corrected chi connectivity index (χ2v) is 7.57. The molecule has 0 saturated heterocycles. The highest BCUT2D eigenvalue weighted by atomic mass is 32.2. The van der Waals surface area contributed by atoms with Gasteiger partial charge in [0.1, 0.15) is 24.0 Å². The molecule has 0 aliphatic carbocycles. The lowest BCUT2D eigenvalue weighted by atomic mass is 10.2. The highest BCUT2D eigenvalue weighted by Crippen LogP contribution is 2.28. The third-order valence-corrected chi connectivity index (χ3v) is 5.39. The first-order valence-corrected chi connectivity index (χ1v) is 10.4. The Morgan fingerprint density at radius 2 is 1.55 bits per heavy atom. The first-order valence-electron chi connectivity index (χ1n) is 9.41. The fourth-order valence-electron chi connectivity index (χ4n) is 2.82. The molecular formula is C22H18F2N4O2S. The number of nitrogens with zero attached hydrogens (tertiary/aromatic N) is 4. The molecule has 0 unspecified atom stereocenters. The Labute approximate surface area is 181 Å². The molecule has 1 N–H and O–H groups in total. The highest BCUT2D eigenvalue weighted by Gasteiger charge is 2.18. The van der Waals surface area contributed by atoms with Gasteiger partial charge in [-0.25, -0.2) is 8.78 Å². The molecular weight excluding hydrogens is 422 g/mol. The molecule has 0 saturated carbocycles. The third-order valence-electron chi connectivity index (χ3n) is 4.32. The van der Waals surface area contributed by atoms with Crippen LogP contribution in [0.15, 0.2) is 78.2 Å². The van der Waals surface area contributed by atoms with Gasteiger partial charge >= 0.3 is 0 Å². The van der Waals surface area contributed by atoms with Gasteiger partial charge in [-0.05, 0) is 60.7 Å². The van der Waals surface area contributed by atoms with E-state index in [9.17, 15) is 13.9 Å². The first kappa shape index (κ1) is 21.0. The van der Waals surface area contributed by atoms with E-state index in [1.165, 1.54) is 48.2 Å². The van der Waals surface area contributed by atoms with E-state index < -0.39 is 6.10 Å². The lowest BCUT2D eigenvalue weighted by Crippen LogP contribution is -2.20. The average molecular weight is 440 g/mol. The SMILES string of the molecule is O[C@@H](COc1ccc(F)cc1)CSc1nnc(-c2ccncc2)n1-c1ccc(F)cc1. The van der Waals surface area contributed by atoms with Crippen LogP contribution in [0.2, 0.25) is 0 Å². The van der Waals surface area contributed by atoms with E-state index in [4.69, 9.17) is 4.74 Å². The van der Waals surface area contributed by atoms with Crippen LogP contribution in [0.3, 0.4) is 0 Å². The lowest BCUT2D eigenvalue weighted by molar-refractivity contribution is 0.126. The fraction of sp³-hybridized carbons (Fsp3) is 0.136. The summed E-state index contributed by atoms with van der Waals surface area (Å²) in [5.74, 6) is 0.642. The summed E-state index contributed by atoms with van der Waals surface area (Å²) in [5, 5.41) is 19.4. The zero-order valence-corrected chi connectivity index (χ0v) is 17.0. The topological polar surface area (TPSA) is 73.1 Å². The van der Waals surface area contributed by atoms with Crippen LogP contribution >= 0.6 is 11.8 Å². The monoisotopic (exact) mass is 440 g/mol. The molecule has 2 heterocycles. The number of ether oxygens (including phenoxy) is 1. The summed E-state index contributed by atoms with van der Waals surface area (Å²) in [6.45, 7) is 0.0422. The number of rotatable bonds is 8. The van der Waals surface area contributed by atoms with Gasteiger partial charge in [-0.3, -0.25) is 9.55 Å². The fourth-order valence-corrected chi connectivity index (χ4v) is 3.67. The summed E-state index contributed by atoms with van der Waals surface area (Å²) < 4.78 is 33.7. The Kier molecular flexibility index (Phi) is 6.54. The normalized spacial score (nSPS) is 12.0. The van der Waals surface area contributed by atoms with Crippen molar-refractivity contribution in [2.75, 3.05) is 12.4 Å². The number of aromatic nitrogens is 4. The van der Waals surface area contributed by atoms with Crippen molar-refractivity contribution in [3.05, 3.63) is 84.7 Å². The van der Waals surface area contributed by atoms with Crippen molar-refractivity contribution >= 4 is 11.8 Å². The van der Waals surface area contributed by atoms with Crippen molar-refractivity contribution < 1.29 is 18.6 Å². The number of pyridine rings is 1. The second-order valence-electron chi connectivity index (χ2n) is 6.58. The maximum absolute atomic E-state index is 13.4. The van der Waals surface area contributed by atoms with Gasteiger partial charge in [0, 0.05) is 29.4 Å². The first-order chi connectivity index (χ1) is 15.1. The maximum atomic E-state index is 13.4. The molecule has 4 aromatic rings. The molecule has 6 nitrogen and oxygen atoms in total. The van der Waals surface area contributed by atoms with Gasteiger partial charge in [0.05, 0.1) is 6.10 Å². The molecule has 0 aliphatic heterocycles. The van der Waals surface area contributed by atoms with Gasteiger partial charge in [0.2, 0.25) is 0 Å². The molecule has 1 atom stereocenters. The number of aliphatic hydroxyl groups excluding tert-OH is 1. The largest absolute Gasteiger partial charge is 0.491 e. The number of benzene rings is 2. The van der Waals surface area contributed by atoms with Crippen molar-refractivity contribution in [3.63, 3.8) is 0 Å². The third kappa shape index (κ3) is 5.25. The molecule has 0 fully saturated rings. The van der Waals surface area contributed by atoms with E-state index in [2.05, 4.69) is 15.2 Å². The number of halogens is 2. The Balaban J connectivity index is 1.50. The average Bonchev–Trinajstić information content (AvgIpc) is 3.22. The molecule has 0 aliphatic rings. The number of hydrogen-bond donors (Lipinski definition) is 1. The van der Waals surface area contributed by atoms with Gasteiger partial charge < -0.3 is 9.84 Å². The van der Waals surface area contributed by atoms with Crippen LogP contribution in [-0.2, 0) is 0 Å². The molecule has 0 amide bonds. The van der Waals surface area contributed by atoms with E-state index in [-0.39, 0.29) is 24.0 Å². The van der Waals surface area contributed by atoms with Crippen LogP contribution in [0.1, 0.15) is 0 Å². The zero-order chi connectivity index (χ0) is 21.6. The number of hydrogen-bond acceptors (Lipinski definition) is 6. The predicted molar refractivity (Wildman–Crippen MR) is 113 cm³/mol. The summed E-state index contributed by atoms with van der Waals surface area (Å²) in [6, 6.07) is 15.2. The van der Waals surface area contributed by atoms with Crippen LogP contribution in [0.4, 0.5) is 8.78 Å². The van der Waals surface area contributed by atoms with Gasteiger partial charge in [-0.1, -0.05) is 11.8 Å². The molecule has 2 aromatic heterocycles. The molecule has 0 spiro atoms. The Morgan fingerprint density at radius 1 is 0.903 bits per heavy atom. The van der Waals surface area contributed by atoms with Crippen LogP contribution in [0.5, 0.6) is 5.75 Å². The molecule has 4 rings (SSSR count). The van der Waals surface area contributed by atoms with Gasteiger partial charge in [0.15, 0.2) is 11.0 Å². The summed E-state index contributed by atoms with van der Waals surface area (Å²) >= 11 is 1.30. The van der Waals surface area contributed by atoms with Crippen LogP contribution in [-0.4, -0.2) is 43.3 Å². The lowest BCUT2D eigenvalue weighted by Gasteiger charge is -2.13. The minimum atomic E-state index is -0.794. The minimum Gasteiger partial charge on any atom is -0.491 e. The van der Waals surface area contributed by atoms with E-state index >= 15 is 0 Å². The van der Waals surface area contributed by atoms with E-state index in [0.29, 0.717) is 22.4 Å². The Hall–Kier alpha value is -3.30. The summed E-state index contributed by atoms with van der Waals surface area (Å²) in [6.07, 6.45) is 2.52. The van der Waals surface area contributed by atoms with Crippen LogP contribution in [0, 0.1) is 11.6 Å². The van der Waals surface area contributed by atoms with Gasteiger partial charge in [-0.15, -0.1) is 10.2 Å². The quantitative estimate of drug-likeness (QED) is 0.415. The van der Waals surface area contributed by atoms with Crippen molar-refractivity contribution in [3.8, 4) is 22.8 Å². The number of thioether (sulfide) groups is 1. The zero-order valence-electron chi connectivity index (χ0n) is 16.2. The standard InChI is InChI=1S/C22H18F2N4O2S/c23-16-1-5-18(6-2-16)28-21(15-9-11-25-12-10-15)26-27-22(28)31-14-19(29)13-30-20-7-3-17(24)4-8-20/h1-12,19,29H,13-14H2/t19-/m0/s1. The van der Waals surface area contributed by atoms with Gasteiger partial charge in [0.25, 0.3) is 0 Å². The van der Waals surface area contributed by atoms with Gasteiger partial charge in [-0.2, -0.15) is 0 Å². The summed E-state index contributed by atoms with van der Waals surface area (Å²) in [7, 11) is 0. The van der Waals surface area contributed by atoms with Crippen LogP contribution < -0.4 is 4.74 Å². The molecule has 158 valence electrons. The Bertz CT molecular complexity index is 1120. The van der Waals surface area contributed by atoms with Crippen molar-refractivity contribution in [1.82, 2.24) is 19.7 Å². The maximum Gasteiger partial charge on any atom is 0.196 e. The Morgan fingerprint density at radius 3 is 2.23 bits per heavy atom. The van der Waals surface area contributed by atoms with E-state index in [1.807, 2.05) is 12.1 Å². The minimum absolute atomic E-state index is 0.0422. The summed E-state index contributed by atoms with van der Waals surface area (Å²) in [4.78, 5) is 4.02. The smallest absolute Gasteiger partial charge is 0.196 e. The molecule has 31 heavy (non-hydrogen) atoms. The highest BCUT2D eigenvalue weighted by molar-refractivity contribution is 7.99. The number of aliphatic hydroxyl groups is 1. The van der Waals surface area contributed by atoms with Crippen molar-refractivity contribution in [1.29, 1.82) is 0 Å². The summed E-state index contributed by atoms with van der Waals surface area (Å²) in [5.41, 5.74) is 1.50. The molecule has 2 aromatic carbocycles. The van der Waals surface area contributed by atoms with Crippen LogP contribution in [0.25, 0.3) is 17.1 Å². The van der Waals surface area contributed by atoms with Crippen molar-refractivity contribution in [2.24, 2.45) is 0 Å². The molecule has 9 heteroatoms. The van der Waals surface area contributed by atoms with E-state index in [1.54, 1.807) is 29.1 Å². The molecule has 0 bridgehead atoms. The van der Waals surface area contributed by atoms with E-state index in [0.717, 1.165) is 5.56 Å². The van der Waals surface area contributed by atoms with Crippen molar-refractivity contribution in [2.45, 2.75) is 11.3 Å². The second kappa shape index (κ2) is 9.67. The molecule has 0 radical (unpaired) electrons. The predicted octanol–water partition coefficient (Wildman–Crippen LogP) is 4.14.